The van der Waals surface area contributed by atoms with Crippen LogP contribution in [-0.2, 0) is 23.9 Å². The minimum atomic E-state index is -0.926. The zero-order valence-corrected chi connectivity index (χ0v) is 19.0. The smallest absolute Gasteiger partial charge is 0.308 e. The van der Waals surface area contributed by atoms with Crippen molar-refractivity contribution in [3.8, 4) is 0 Å². The average molecular weight is 482 g/mol. The third kappa shape index (κ3) is 5.63. The monoisotopic (exact) mass is 481 g/mol. The molecule has 1 aromatic rings. The maximum absolute atomic E-state index is 12.8. The quantitative estimate of drug-likeness (QED) is 0.376. The molecule has 0 saturated carbocycles. The van der Waals surface area contributed by atoms with Gasteiger partial charge in [-0.15, -0.1) is 0 Å². The van der Waals surface area contributed by atoms with E-state index in [0.717, 1.165) is 5.56 Å². The number of nitrogens with zero attached hydrogens (tertiary/aromatic N) is 2. The molecule has 3 rings (SSSR count). The zero-order chi connectivity index (χ0) is 22.5. The van der Waals surface area contributed by atoms with Crippen LogP contribution in [0.5, 0.6) is 0 Å². The van der Waals surface area contributed by atoms with Crippen LogP contribution in [0.2, 0.25) is 5.02 Å². The minimum absolute atomic E-state index is 0.0222. The molecular formula is C20H20ClN3O5S2. The highest BCUT2D eigenvalue weighted by Crippen LogP contribution is 2.32. The summed E-state index contributed by atoms with van der Waals surface area (Å²) >= 11 is 12.4. The molecule has 2 aliphatic rings. The van der Waals surface area contributed by atoms with Crippen LogP contribution in [0.25, 0.3) is 6.08 Å². The number of benzene rings is 1. The lowest BCUT2D eigenvalue weighted by Gasteiger charge is -2.34. The molecular weight excluding hydrogens is 462 g/mol. The van der Waals surface area contributed by atoms with Gasteiger partial charge in [-0.1, -0.05) is 47.7 Å². The van der Waals surface area contributed by atoms with Gasteiger partial charge in [-0.3, -0.25) is 24.1 Å². The molecule has 2 saturated heterocycles. The molecule has 0 aliphatic carbocycles. The Balaban J connectivity index is 1.64. The molecule has 2 fully saturated rings. The lowest BCUT2D eigenvalue weighted by atomic mass is 10.1. The van der Waals surface area contributed by atoms with E-state index in [9.17, 15) is 19.2 Å². The molecule has 1 unspecified atom stereocenters. The number of halogens is 1. The highest BCUT2D eigenvalue weighted by molar-refractivity contribution is 8.26. The number of rotatable bonds is 6. The molecule has 164 valence electrons. The molecule has 1 atom stereocenters. The molecule has 0 bridgehead atoms. The molecule has 31 heavy (non-hydrogen) atoms. The Morgan fingerprint density at radius 1 is 1.32 bits per heavy atom. The van der Waals surface area contributed by atoms with Crippen molar-refractivity contribution in [3.05, 3.63) is 39.8 Å². The maximum Gasteiger partial charge on any atom is 0.308 e. The van der Waals surface area contributed by atoms with Gasteiger partial charge in [0.25, 0.3) is 5.91 Å². The summed E-state index contributed by atoms with van der Waals surface area (Å²) in [6.45, 7) is 0.665. The second-order valence-electron chi connectivity index (χ2n) is 6.81. The van der Waals surface area contributed by atoms with E-state index >= 15 is 0 Å². The van der Waals surface area contributed by atoms with Gasteiger partial charge in [0.15, 0.2) is 0 Å². The van der Waals surface area contributed by atoms with E-state index in [4.69, 9.17) is 23.8 Å². The summed E-state index contributed by atoms with van der Waals surface area (Å²) in [7, 11) is 1.22. The Kier molecular flexibility index (Phi) is 7.69. The Morgan fingerprint density at radius 2 is 2.03 bits per heavy atom. The number of hydrogen-bond acceptors (Lipinski definition) is 7. The normalized spacial score (nSPS) is 20.3. The number of thioether (sulfide) groups is 1. The third-order valence-corrected chi connectivity index (χ3v) is 6.46. The van der Waals surface area contributed by atoms with E-state index in [2.05, 4.69) is 10.1 Å². The van der Waals surface area contributed by atoms with Gasteiger partial charge >= 0.3 is 5.97 Å². The lowest BCUT2D eigenvalue weighted by molar-refractivity contribution is -0.150. The van der Waals surface area contributed by atoms with Gasteiger partial charge in [-0.25, -0.2) is 0 Å². The van der Waals surface area contributed by atoms with Gasteiger partial charge in [0.05, 0.1) is 18.4 Å². The second kappa shape index (κ2) is 10.3. The Labute approximate surface area is 193 Å². The molecule has 1 N–H and O–H groups in total. The van der Waals surface area contributed by atoms with Crippen molar-refractivity contribution in [1.82, 2.24) is 15.1 Å². The summed E-state index contributed by atoms with van der Waals surface area (Å²) < 4.78 is 4.98. The fraction of sp³-hybridized carbons (Fsp3) is 0.350. The van der Waals surface area contributed by atoms with Crippen molar-refractivity contribution in [2.75, 3.05) is 26.7 Å². The number of piperazine rings is 1. The van der Waals surface area contributed by atoms with E-state index in [1.165, 1.54) is 28.7 Å². The number of nitrogens with one attached hydrogen (secondary N) is 1. The highest BCUT2D eigenvalue weighted by atomic mass is 35.5. The van der Waals surface area contributed by atoms with Gasteiger partial charge in [0, 0.05) is 31.1 Å². The third-order valence-electron chi connectivity index (χ3n) is 4.83. The molecule has 11 heteroatoms. The first kappa shape index (κ1) is 23.2. The zero-order valence-electron chi connectivity index (χ0n) is 16.6. The molecule has 0 aromatic heterocycles. The number of methoxy groups -OCH3 is 1. The van der Waals surface area contributed by atoms with Gasteiger partial charge in [0.1, 0.15) is 10.4 Å². The van der Waals surface area contributed by atoms with Crippen LogP contribution in [0.3, 0.4) is 0 Å². The van der Waals surface area contributed by atoms with Gasteiger partial charge in [-0.05, 0) is 23.8 Å². The average Bonchev–Trinajstić information content (AvgIpc) is 3.01. The standard InChI is InChI=1S/C20H20ClN3O5S2/c1-29-17(26)11-14-18(27)22-7-9-23(14)16(25)6-8-24-19(28)15(31-20(24)30)10-12-2-4-13(21)5-3-12/h2-5,10,14H,6-9,11H2,1H3,(H,22,27). The maximum atomic E-state index is 12.8. The topological polar surface area (TPSA) is 96.0 Å². The lowest BCUT2D eigenvalue weighted by Crippen LogP contribution is -2.58. The minimum Gasteiger partial charge on any atom is -0.469 e. The number of carbonyl (C=O) groups excluding carboxylic acids is 4. The summed E-state index contributed by atoms with van der Waals surface area (Å²) in [4.78, 5) is 52.5. The van der Waals surface area contributed by atoms with Crippen molar-refractivity contribution in [1.29, 1.82) is 0 Å². The molecule has 3 amide bonds. The molecule has 0 radical (unpaired) electrons. The summed E-state index contributed by atoms with van der Waals surface area (Å²) in [5, 5.41) is 3.24. The van der Waals surface area contributed by atoms with Crippen LogP contribution in [0, 0.1) is 0 Å². The van der Waals surface area contributed by atoms with E-state index in [0.29, 0.717) is 20.8 Å². The van der Waals surface area contributed by atoms with Gasteiger partial charge in [0.2, 0.25) is 11.8 Å². The summed E-state index contributed by atoms with van der Waals surface area (Å²) in [6.07, 6.45) is 1.48. The molecule has 2 aliphatic heterocycles. The van der Waals surface area contributed by atoms with Crippen molar-refractivity contribution in [3.63, 3.8) is 0 Å². The number of carbonyl (C=O) groups is 4. The fourth-order valence-electron chi connectivity index (χ4n) is 3.21. The first-order valence-electron chi connectivity index (χ1n) is 9.45. The summed E-state index contributed by atoms with van der Waals surface area (Å²) in [6, 6.07) is 6.12. The highest BCUT2D eigenvalue weighted by Gasteiger charge is 2.36. The van der Waals surface area contributed by atoms with Crippen LogP contribution in [0.4, 0.5) is 0 Å². The summed E-state index contributed by atoms with van der Waals surface area (Å²) in [5.74, 6) is -1.59. The van der Waals surface area contributed by atoms with Crippen LogP contribution >= 0.6 is 35.6 Å². The molecule has 1 aromatic carbocycles. The first-order chi connectivity index (χ1) is 14.8. The van der Waals surface area contributed by atoms with E-state index in [1.54, 1.807) is 30.3 Å². The van der Waals surface area contributed by atoms with E-state index in [-0.39, 0.29) is 37.7 Å². The second-order valence-corrected chi connectivity index (χ2v) is 8.92. The first-order valence-corrected chi connectivity index (χ1v) is 11.1. The summed E-state index contributed by atoms with van der Waals surface area (Å²) in [5.41, 5.74) is 0.811. The number of hydrogen-bond donors (Lipinski definition) is 1. The Hall–Kier alpha value is -2.43. The van der Waals surface area contributed by atoms with Crippen molar-refractivity contribution in [2.45, 2.75) is 18.9 Å². The fourth-order valence-corrected chi connectivity index (χ4v) is 4.65. The van der Waals surface area contributed by atoms with Crippen molar-refractivity contribution in [2.24, 2.45) is 0 Å². The largest absolute Gasteiger partial charge is 0.469 e. The van der Waals surface area contributed by atoms with Crippen LogP contribution in [0.15, 0.2) is 29.2 Å². The number of amides is 3. The van der Waals surface area contributed by atoms with Gasteiger partial charge < -0.3 is 15.0 Å². The van der Waals surface area contributed by atoms with Crippen molar-refractivity contribution >= 4 is 69.7 Å². The van der Waals surface area contributed by atoms with Crippen LogP contribution < -0.4 is 5.32 Å². The number of esters is 1. The Bertz CT molecular complexity index is 951. The van der Waals surface area contributed by atoms with E-state index in [1.807, 2.05) is 0 Å². The SMILES string of the molecule is COC(=O)CC1C(=O)NCCN1C(=O)CCN1C(=O)C(=Cc2ccc(Cl)cc2)SC1=S. The molecule has 0 spiro atoms. The van der Waals surface area contributed by atoms with E-state index < -0.39 is 17.9 Å². The predicted molar refractivity (Wildman–Crippen MR) is 121 cm³/mol. The van der Waals surface area contributed by atoms with Gasteiger partial charge in [-0.2, -0.15) is 0 Å². The van der Waals surface area contributed by atoms with Crippen molar-refractivity contribution < 1.29 is 23.9 Å². The Morgan fingerprint density at radius 3 is 2.71 bits per heavy atom. The van der Waals surface area contributed by atoms with Crippen LogP contribution in [-0.4, -0.2) is 70.6 Å². The number of ether oxygens (including phenoxy) is 1. The predicted octanol–water partition coefficient (Wildman–Crippen LogP) is 1.82. The van der Waals surface area contributed by atoms with Crippen LogP contribution in [0.1, 0.15) is 18.4 Å². The molecule has 2 heterocycles. The number of thiocarbonyl (C=S) groups is 1. The molecule has 8 nitrogen and oxygen atoms in total.